The summed E-state index contributed by atoms with van der Waals surface area (Å²) < 4.78 is 0. The Morgan fingerprint density at radius 3 is 0.694 bits per heavy atom. The van der Waals surface area contributed by atoms with Crippen LogP contribution in [0.4, 0.5) is 0 Å². The summed E-state index contributed by atoms with van der Waals surface area (Å²) in [5.74, 6) is -6.96. The molecule has 26 heteroatoms. The normalized spacial score (nSPS) is 7.68. The Bertz CT molecular complexity index is 1840. The van der Waals surface area contributed by atoms with Crippen LogP contribution in [0.3, 0.4) is 0 Å². The van der Waals surface area contributed by atoms with Crippen molar-refractivity contribution in [1.82, 2.24) is 19.9 Å². The number of carboxylic acid groups (broad SMARTS) is 4. The summed E-state index contributed by atoms with van der Waals surface area (Å²) in [6.45, 7) is 0. The fraction of sp³-hybridized carbons (Fsp3) is 0. The molecule has 6 rings (SSSR count). The molecule has 0 atom stereocenters. The van der Waals surface area contributed by atoms with Gasteiger partial charge in [-0.1, -0.05) is 48.5 Å². The summed E-state index contributed by atoms with van der Waals surface area (Å²) in [7, 11) is 0. The van der Waals surface area contributed by atoms with E-state index in [0.29, 0.717) is 0 Å². The van der Waals surface area contributed by atoms with E-state index < -0.39 is 46.1 Å². The Labute approximate surface area is 371 Å². The molecule has 0 aliphatic heterocycles. The van der Waals surface area contributed by atoms with Crippen LogP contribution >= 0.6 is 0 Å². The zero-order chi connectivity index (χ0) is 34.5. The van der Waals surface area contributed by atoms with Gasteiger partial charge in [-0.3, -0.25) is 19.9 Å². The number of rotatable bonds is 7. The van der Waals surface area contributed by atoms with Crippen molar-refractivity contribution in [3.63, 3.8) is 0 Å². The molecule has 350 valence electrons. The molecule has 4 aromatic heterocycles. The second-order valence-corrected chi connectivity index (χ2v) is 9.53. The van der Waals surface area contributed by atoms with Crippen LogP contribution in [-0.4, -0.2) is 76.7 Å². The van der Waals surface area contributed by atoms with Gasteiger partial charge in [0.15, 0.2) is 0 Å². The predicted octanol–water partition coefficient (Wildman–Crippen LogP) is -9.39. The minimum absolute atomic E-state index is 0. The van der Waals surface area contributed by atoms with Gasteiger partial charge in [-0.25, -0.2) is 0 Å². The monoisotopic (exact) mass is 976 g/mol. The molecule has 0 bridgehead atoms. The maximum Gasteiger partial charge on any atom is 2.00 e. The molecule has 4 heterocycles. The Balaban J connectivity index is -0.0000000667. The van der Waals surface area contributed by atoms with Crippen molar-refractivity contribution >= 4 is 23.9 Å². The molecule has 2 aromatic carbocycles. The molecule has 0 radical (unpaired) electrons. The molecular weight excluding hydrogens is 926 g/mol. The van der Waals surface area contributed by atoms with Gasteiger partial charge in [0.1, 0.15) is 0 Å². The quantitative estimate of drug-likeness (QED) is 0.106. The molecule has 0 saturated heterocycles. The summed E-state index contributed by atoms with van der Waals surface area (Å²) >= 11 is 0. The Morgan fingerprint density at radius 2 is 0.532 bits per heavy atom. The van der Waals surface area contributed by atoms with Crippen LogP contribution in [0.25, 0.3) is 33.9 Å². The van der Waals surface area contributed by atoms with Gasteiger partial charge in [-0.15, -0.1) is 0 Å². The van der Waals surface area contributed by atoms with Crippen molar-refractivity contribution in [2.45, 2.75) is 0 Å². The van der Waals surface area contributed by atoms with Crippen LogP contribution in [0, 0.1) is 0 Å². The van der Waals surface area contributed by atoms with Crippen LogP contribution in [0.5, 0.6) is 0 Å². The summed E-state index contributed by atoms with van der Waals surface area (Å²) in [6.07, 6.45) is 7.07. The van der Waals surface area contributed by atoms with Crippen LogP contribution in [0.15, 0.2) is 134 Å². The number of pyridine rings is 4. The standard InChI is InChI=1S/C16H10O8.2C10H8N2.2Ni.12H2O/c17-13(18)9-3-1-7(5-11(9)15(21)22)8-2-4-10(14(19)20)12(6-8)16(23)24;2*1-3-7-11-9(5-1)10-6-2-4-8-12-10;;;;;;;;;;;;;;/h1-6H,(H,17,18)(H,19,20)(H,21,22)(H,23,24);2*1-8H;;;12*1H2/q;;;2*+2;;;;;;;;;;;;/p+2. The number of hydrogen-bond acceptors (Lipinski definition) is 12. The Kier molecular flexibility index (Phi) is 55.2. The maximum atomic E-state index is 11.0. The molecule has 0 saturated carbocycles. The molecule has 0 fully saturated rings. The van der Waals surface area contributed by atoms with Gasteiger partial charge >= 0.3 is 33.0 Å². The molecule has 24 nitrogen and oxygen atoms in total. The molecule has 0 unspecified atom stereocenters. The van der Waals surface area contributed by atoms with E-state index in [9.17, 15) is 39.6 Å². The van der Waals surface area contributed by atoms with Gasteiger partial charge in [0.05, 0.1) is 46.7 Å². The smallest absolute Gasteiger partial charge is 0.545 e. The Morgan fingerprint density at radius 1 is 0.323 bits per heavy atom. The molecule has 0 aliphatic carbocycles. The Hall–Kier alpha value is -6.57. The van der Waals surface area contributed by atoms with Gasteiger partial charge in [-0.05, 0) is 71.8 Å². The molecule has 6 aromatic rings. The second kappa shape index (κ2) is 41.2. The van der Waals surface area contributed by atoms with E-state index in [2.05, 4.69) is 19.9 Å². The summed E-state index contributed by atoms with van der Waals surface area (Å²) in [4.78, 5) is 60.6. The van der Waals surface area contributed by atoms with Crippen molar-refractivity contribution < 1.29 is 138 Å². The van der Waals surface area contributed by atoms with E-state index in [1.807, 2.05) is 72.8 Å². The third-order valence-electron chi connectivity index (χ3n) is 6.44. The number of benzene rings is 2. The van der Waals surface area contributed by atoms with E-state index in [4.69, 9.17) is 0 Å². The largest absolute Gasteiger partial charge is 2.00 e. The summed E-state index contributed by atoms with van der Waals surface area (Å²) in [5, 5.41) is 43.8. The molecule has 0 amide bonds. The van der Waals surface area contributed by atoms with Crippen molar-refractivity contribution in [1.29, 1.82) is 0 Å². The third-order valence-corrected chi connectivity index (χ3v) is 6.44. The topological polar surface area (TPSA) is 599 Å². The van der Waals surface area contributed by atoms with Crippen LogP contribution in [0.1, 0.15) is 41.4 Å². The van der Waals surface area contributed by atoms with Gasteiger partial charge in [-0.2, -0.15) is 0 Å². The van der Waals surface area contributed by atoms with E-state index in [0.717, 1.165) is 47.0 Å². The number of carboxylic acids is 4. The van der Waals surface area contributed by atoms with E-state index in [1.165, 1.54) is 12.1 Å². The molecule has 0 spiro atoms. The number of carbonyl (C=O) groups excluding carboxylic acids is 4. The number of hydrogen-bond donors (Lipinski definition) is 0. The fourth-order valence-electron chi connectivity index (χ4n) is 4.20. The van der Waals surface area contributed by atoms with Crippen LogP contribution in [-0.2, 0) is 65.8 Å². The zero-order valence-electron chi connectivity index (χ0n) is 31.9. The van der Waals surface area contributed by atoms with E-state index in [-0.39, 0.29) is 110 Å². The minimum Gasteiger partial charge on any atom is -0.545 e. The van der Waals surface area contributed by atoms with Crippen LogP contribution < -0.4 is 20.4 Å². The first-order chi connectivity index (χ1) is 23.2. The number of carbonyl (C=O) groups is 4. The van der Waals surface area contributed by atoms with Crippen molar-refractivity contribution in [3.8, 4) is 33.9 Å². The van der Waals surface area contributed by atoms with Crippen LogP contribution in [0.2, 0.25) is 0 Å². The third kappa shape index (κ3) is 23.3. The zero-order valence-corrected chi connectivity index (χ0v) is 33.8. The van der Waals surface area contributed by atoms with Gasteiger partial charge in [0.2, 0.25) is 0 Å². The van der Waals surface area contributed by atoms with E-state index in [1.54, 1.807) is 24.8 Å². The maximum absolute atomic E-state index is 11.0. The van der Waals surface area contributed by atoms with Crippen molar-refractivity contribution in [3.05, 3.63) is 156 Å². The number of nitrogens with zero attached hydrogens (tertiary/aromatic N) is 4. The SMILES string of the molecule is O.O.O.O.O.O.O=C([O-])c1ccc(-c2ccc(C(=O)[O-])c(C(=O)[O-])c2)cc1C(=O)[O-].[Ni+2].[Ni+2].[OH3+].[OH3+].[OH3+].[OH3+].[OH3+].[OH3+].c1ccc(-c2ccccn2)nc1.c1ccc(-c2ccccn2)nc1. The average molecular weight is 978 g/mol. The van der Waals surface area contributed by atoms with Gasteiger partial charge < -0.3 is 105 Å². The summed E-state index contributed by atoms with van der Waals surface area (Å²) in [5.41, 5.74) is 1.39. The van der Waals surface area contributed by atoms with Gasteiger partial charge in [0.25, 0.3) is 0 Å². The first-order valence-electron chi connectivity index (χ1n) is 13.9. The number of aromatic carboxylic acids is 4. The van der Waals surface area contributed by atoms with Crippen molar-refractivity contribution in [2.24, 2.45) is 0 Å². The average Bonchev–Trinajstić information content (AvgIpc) is 3.13. The first kappa shape index (κ1) is 83.2. The molecule has 0 aliphatic rings. The molecule has 30 N–H and O–H groups in total. The molecule has 62 heavy (non-hydrogen) atoms. The fourth-order valence-corrected chi connectivity index (χ4v) is 4.20. The van der Waals surface area contributed by atoms with E-state index >= 15 is 0 Å². The van der Waals surface area contributed by atoms with Crippen molar-refractivity contribution in [2.75, 3.05) is 0 Å². The van der Waals surface area contributed by atoms with Gasteiger partial charge in [0, 0.05) is 47.0 Å². The summed E-state index contributed by atoms with van der Waals surface area (Å²) in [6, 6.07) is 29.4. The predicted molar refractivity (Wildman–Crippen MR) is 215 cm³/mol. The number of aromatic nitrogens is 4. The molecular formula is C36H52N4Ni2O20+6. The second-order valence-electron chi connectivity index (χ2n) is 9.53. The minimum atomic E-state index is -1.76. The first-order valence-corrected chi connectivity index (χ1v) is 13.9.